The third-order valence-corrected chi connectivity index (χ3v) is 4.53. The van der Waals surface area contributed by atoms with Gasteiger partial charge in [0.25, 0.3) is 0 Å². The number of nitrogens with zero attached hydrogens (tertiary/aromatic N) is 2. The van der Waals surface area contributed by atoms with Crippen LogP contribution in [0.3, 0.4) is 0 Å². The maximum Gasteiger partial charge on any atom is 0.240 e. The molecular formula is C16H16N2O3. The van der Waals surface area contributed by atoms with Crippen molar-refractivity contribution in [2.45, 2.75) is 12.2 Å². The highest BCUT2D eigenvalue weighted by Gasteiger charge is 2.60. The number of hydrogen-bond donors (Lipinski definition) is 0. The van der Waals surface area contributed by atoms with Crippen LogP contribution in [0.1, 0.15) is 0 Å². The second-order valence-corrected chi connectivity index (χ2v) is 5.92. The van der Waals surface area contributed by atoms with Crippen molar-refractivity contribution in [3.05, 3.63) is 36.4 Å². The molecule has 2 amide bonds. The molecule has 1 aromatic carbocycles. The first-order chi connectivity index (χ1) is 10.1. The minimum absolute atomic E-state index is 0.139. The zero-order valence-corrected chi connectivity index (χ0v) is 11.9. The predicted octanol–water partition coefficient (Wildman–Crippen LogP) is 1.20. The number of anilines is 2. The Kier molecular flexibility index (Phi) is 2.50. The molecule has 3 aliphatic heterocycles. The van der Waals surface area contributed by atoms with Gasteiger partial charge in [0, 0.05) is 19.8 Å². The molecule has 4 unspecified atom stereocenters. The number of ether oxygens (including phenoxy) is 1. The van der Waals surface area contributed by atoms with Crippen LogP contribution in [0.25, 0.3) is 0 Å². The largest absolute Gasteiger partial charge is 0.378 e. The van der Waals surface area contributed by atoms with Crippen molar-refractivity contribution < 1.29 is 14.3 Å². The van der Waals surface area contributed by atoms with Gasteiger partial charge in [-0.05, 0) is 24.3 Å². The molecule has 2 fully saturated rings. The van der Waals surface area contributed by atoms with Gasteiger partial charge in [-0.2, -0.15) is 0 Å². The zero-order chi connectivity index (χ0) is 14.7. The van der Waals surface area contributed by atoms with Crippen LogP contribution in [0.15, 0.2) is 36.4 Å². The van der Waals surface area contributed by atoms with E-state index in [1.807, 2.05) is 55.4 Å². The summed E-state index contributed by atoms with van der Waals surface area (Å²) in [6, 6.07) is 7.46. The summed E-state index contributed by atoms with van der Waals surface area (Å²) in [6.07, 6.45) is 3.33. The summed E-state index contributed by atoms with van der Waals surface area (Å²) in [5, 5.41) is 0. The Labute approximate surface area is 122 Å². The van der Waals surface area contributed by atoms with Crippen molar-refractivity contribution in [1.82, 2.24) is 0 Å². The van der Waals surface area contributed by atoms with E-state index in [1.54, 1.807) is 0 Å². The SMILES string of the molecule is CN(C)c1ccc(N2C(=O)C3C4C=CC(O4)C3C2=O)cc1. The normalized spacial score (nSPS) is 33.0. The molecule has 0 N–H and O–H groups in total. The Balaban J connectivity index is 1.68. The number of amides is 2. The fourth-order valence-electron chi connectivity index (χ4n) is 3.46. The lowest BCUT2D eigenvalue weighted by molar-refractivity contribution is -0.124. The molecule has 0 aliphatic carbocycles. The summed E-state index contributed by atoms with van der Waals surface area (Å²) >= 11 is 0. The number of imide groups is 1. The predicted molar refractivity (Wildman–Crippen MR) is 78.0 cm³/mol. The van der Waals surface area contributed by atoms with E-state index >= 15 is 0 Å². The Morgan fingerprint density at radius 1 is 0.952 bits per heavy atom. The smallest absolute Gasteiger partial charge is 0.240 e. The monoisotopic (exact) mass is 284 g/mol. The van der Waals surface area contributed by atoms with Gasteiger partial charge in [-0.15, -0.1) is 0 Å². The van der Waals surface area contributed by atoms with Gasteiger partial charge in [0.1, 0.15) is 0 Å². The highest BCUT2D eigenvalue weighted by Crippen LogP contribution is 2.46. The van der Waals surface area contributed by atoms with Gasteiger partial charge in [-0.1, -0.05) is 12.2 Å². The van der Waals surface area contributed by atoms with E-state index in [9.17, 15) is 9.59 Å². The van der Waals surface area contributed by atoms with E-state index in [0.29, 0.717) is 5.69 Å². The Hall–Kier alpha value is -2.14. The third-order valence-electron chi connectivity index (χ3n) is 4.53. The summed E-state index contributed by atoms with van der Waals surface area (Å²) in [5.41, 5.74) is 1.67. The fraction of sp³-hybridized carbons (Fsp3) is 0.375. The second kappa shape index (κ2) is 4.18. The maximum atomic E-state index is 12.6. The van der Waals surface area contributed by atoms with Crippen molar-refractivity contribution in [2.75, 3.05) is 23.9 Å². The number of fused-ring (bicyclic) bond motifs is 5. The summed E-state index contributed by atoms with van der Waals surface area (Å²) in [6.45, 7) is 0. The highest BCUT2D eigenvalue weighted by atomic mass is 16.5. The van der Waals surface area contributed by atoms with E-state index in [-0.39, 0.29) is 35.9 Å². The lowest BCUT2D eigenvalue weighted by Gasteiger charge is -2.19. The first-order valence-electron chi connectivity index (χ1n) is 7.07. The summed E-state index contributed by atoms with van der Waals surface area (Å²) < 4.78 is 5.63. The Bertz CT molecular complexity index is 620. The first kappa shape index (κ1) is 12.6. The molecule has 4 atom stereocenters. The molecule has 0 spiro atoms. The van der Waals surface area contributed by atoms with Gasteiger partial charge >= 0.3 is 0 Å². The van der Waals surface area contributed by atoms with Gasteiger partial charge < -0.3 is 9.64 Å². The topological polar surface area (TPSA) is 49.9 Å². The standard InChI is InChI=1S/C16H16N2O3/c1-17(2)9-3-5-10(6-4-9)18-15(19)13-11-7-8-12(21-11)14(13)16(18)20/h3-8,11-14H,1-2H3. The molecule has 4 rings (SSSR count). The maximum absolute atomic E-state index is 12.6. The number of rotatable bonds is 2. The van der Waals surface area contributed by atoms with Crippen molar-refractivity contribution >= 4 is 23.2 Å². The molecule has 1 aromatic rings. The lowest BCUT2D eigenvalue weighted by Crippen LogP contribution is -2.34. The summed E-state index contributed by atoms with van der Waals surface area (Å²) in [4.78, 5) is 28.5. The quantitative estimate of drug-likeness (QED) is 0.605. The zero-order valence-electron chi connectivity index (χ0n) is 11.9. The number of carbonyl (C=O) groups excluding carboxylic acids is 2. The minimum Gasteiger partial charge on any atom is -0.378 e. The first-order valence-corrected chi connectivity index (χ1v) is 7.07. The number of benzene rings is 1. The minimum atomic E-state index is -0.346. The van der Waals surface area contributed by atoms with Crippen LogP contribution in [0, 0.1) is 11.8 Å². The Morgan fingerprint density at radius 3 is 1.95 bits per heavy atom. The molecular weight excluding hydrogens is 268 g/mol. The molecule has 108 valence electrons. The van der Waals surface area contributed by atoms with E-state index in [0.717, 1.165) is 5.69 Å². The van der Waals surface area contributed by atoms with Crippen molar-refractivity contribution in [3.63, 3.8) is 0 Å². The van der Waals surface area contributed by atoms with Crippen LogP contribution >= 0.6 is 0 Å². The lowest BCUT2D eigenvalue weighted by atomic mass is 9.85. The van der Waals surface area contributed by atoms with Crippen LogP contribution < -0.4 is 9.80 Å². The molecule has 0 aromatic heterocycles. The van der Waals surface area contributed by atoms with Crippen LogP contribution in [0.5, 0.6) is 0 Å². The van der Waals surface area contributed by atoms with Crippen LogP contribution in [0.4, 0.5) is 11.4 Å². The van der Waals surface area contributed by atoms with E-state index < -0.39 is 0 Å². The summed E-state index contributed by atoms with van der Waals surface area (Å²) in [5.74, 6) is -0.971. The van der Waals surface area contributed by atoms with Gasteiger partial charge in [-0.3, -0.25) is 9.59 Å². The molecule has 2 bridgehead atoms. The van der Waals surface area contributed by atoms with E-state index in [4.69, 9.17) is 4.74 Å². The average molecular weight is 284 g/mol. The van der Waals surface area contributed by atoms with Gasteiger partial charge in [0.2, 0.25) is 11.8 Å². The van der Waals surface area contributed by atoms with Crippen LogP contribution in [-0.2, 0) is 14.3 Å². The van der Waals surface area contributed by atoms with E-state index in [1.165, 1.54) is 4.90 Å². The van der Waals surface area contributed by atoms with Crippen LogP contribution in [0.2, 0.25) is 0 Å². The third kappa shape index (κ3) is 1.61. The molecule has 0 saturated carbocycles. The van der Waals surface area contributed by atoms with Gasteiger partial charge in [0.05, 0.1) is 29.7 Å². The fourth-order valence-corrected chi connectivity index (χ4v) is 3.46. The van der Waals surface area contributed by atoms with Gasteiger partial charge in [-0.25, -0.2) is 4.90 Å². The van der Waals surface area contributed by atoms with Crippen LogP contribution in [-0.4, -0.2) is 38.1 Å². The molecule has 3 heterocycles. The number of hydrogen-bond acceptors (Lipinski definition) is 4. The highest BCUT2D eigenvalue weighted by molar-refractivity contribution is 6.23. The molecule has 21 heavy (non-hydrogen) atoms. The second-order valence-electron chi connectivity index (χ2n) is 5.92. The van der Waals surface area contributed by atoms with Crippen molar-refractivity contribution in [1.29, 1.82) is 0 Å². The summed E-state index contributed by atoms with van der Waals surface area (Å²) in [7, 11) is 3.90. The van der Waals surface area contributed by atoms with Crippen molar-refractivity contribution in [3.8, 4) is 0 Å². The molecule has 5 nitrogen and oxygen atoms in total. The average Bonchev–Trinajstić information content (AvgIpc) is 3.13. The molecule has 3 aliphatic rings. The van der Waals surface area contributed by atoms with Gasteiger partial charge in [0.15, 0.2) is 0 Å². The Morgan fingerprint density at radius 2 is 1.48 bits per heavy atom. The molecule has 5 heteroatoms. The molecule has 0 radical (unpaired) electrons. The molecule has 2 saturated heterocycles. The van der Waals surface area contributed by atoms with E-state index in [2.05, 4.69) is 0 Å². The van der Waals surface area contributed by atoms with Crippen molar-refractivity contribution in [2.24, 2.45) is 11.8 Å². The number of carbonyl (C=O) groups is 2.